The number of carboxylic acid groups (broad SMARTS) is 1. The lowest BCUT2D eigenvalue weighted by atomic mass is 9.82. The molecular formula is C19H22N2O5. The van der Waals surface area contributed by atoms with Gasteiger partial charge < -0.3 is 9.84 Å². The molecule has 0 radical (unpaired) electrons. The van der Waals surface area contributed by atoms with Crippen molar-refractivity contribution in [1.29, 1.82) is 0 Å². The van der Waals surface area contributed by atoms with Crippen molar-refractivity contribution in [2.45, 2.75) is 26.4 Å². The highest BCUT2D eigenvalue weighted by atomic mass is 16.5. The zero-order valence-corrected chi connectivity index (χ0v) is 14.6. The topological polar surface area (TPSA) is 105 Å². The molecule has 1 aromatic carbocycles. The number of carboxylic acids is 1. The first kappa shape index (κ1) is 18.0. The maximum absolute atomic E-state index is 12.4. The Hall–Kier alpha value is -2.83. The molecule has 2 amide bonds. The van der Waals surface area contributed by atoms with E-state index < -0.39 is 29.6 Å². The lowest BCUT2D eigenvalue weighted by Crippen LogP contribution is -2.48. The van der Waals surface area contributed by atoms with Gasteiger partial charge in [-0.15, -0.1) is 0 Å². The second kappa shape index (κ2) is 7.19. The monoisotopic (exact) mass is 358 g/mol. The van der Waals surface area contributed by atoms with Crippen LogP contribution >= 0.6 is 0 Å². The Morgan fingerprint density at radius 3 is 2.23 bits per heavy atom. The second-order valence-corrected chi connectivity index (χ2v) is 6.97. The van der Waals surface area contributed by atoms with Crippen LogP contribution < -0.4 is 15.6 Å². The maximum atomic E-state index is 12.4. The average Bonchev–Trinajstić information content (AvgIpc) is 3.20. The highest BCUT2D eigenvalue weighted by Gasteiger charge is 2.51. The number of fused-ring (bicyclic) bond motifs is 2. The molecular weight excluding hydrogens is 336 g/mol. The zero-order chi connectivity index (χ0) is 18.8. The summed E-state index contributed by atoms with van der Waals surface area (Å²) in [5, 5.41) is 9.39. The summed E-state index contributed by atoms with van der Waals surface area (Å²) in [5.74, 6) is -2.88. The molecule has 2 bridgehead atoms. The van der Waals surface area contributed by atoms with Crippen molar-refractivity contribution in [2.75, 3.05) is 0 Å². The molecule has 1 saturated carbocycles. The van der Waals surface area contributed by atoms with Crippen molar-refractivity contribution in [1.82, 2.24) is 10.9 Å². The molecule has 3 rings (SSSR count). The number of hydrogen-bond donors (Lipinski definition) is 3. The number of aliphatic carboxylic acids is 1. The Morgan fingerprint density at radius 2 is 1.65 bits per heavy atom. The van der Waals surface area contributed by atoms with Crippen LogP contribution in [0.1, 0.15) is 30.6 Å². The van der Waals surface area contributed by atoms with Crippen LogP contribution in [0.2, 0.25) is 0 Å². The van der Waals surface area contributed by atoms with E-state index >= 15 is 0 Å². The first-order valence-electron chi connectivity index (χ1n) is 8.65. The minimum absolute atomic E-state index is 0.0342. The van der Waals surface area contributed by atoms with Gasteiger partial charge in [0, 0.05) is 5.56 Å². The Labute approximate surface area is 151 Å². The second-order valence-electron chi connectivity index (χ2n) is 6.97. The van der Waals surface area contributed by atoms with E-state index in [0.717, 1.165) is 0 Å². The Kier molecular flexibility index (Phi) is 4.97. The van der Waals surface area contributed by atoms with Crippen LogP contribution in [0.15, 0.2) is 36.4 Å². The molecule has 138 valence electrons. The van der Waals surface area contributed by atoms with Crippen LogP contribution in [-0.4, -0.2) is 29.0 Å². The Morgan fingerprint density at radius 1 is 1.04 bits per heavy atom. The molecule has 2 aliphatic carbocycles. The number of ether oxygens (including phenoxy) is 1. The van der Waals surface area contributed by atoms with E-state index in [4.69, 9.17) is 4.74 Å². The minimum Gasteiger partial charge on any atom is -0.491 e. The van der Waals surface area contributed by atoms with Gasteiger partial charge in [-0.1, -0.05) is 12.2 Å². The summed E-state index contributed by atoms with van der Waals surface area (Å²) >= 11 is 0. The van der Waals surface area contributed by atoms with E-state index in [1.807, 2.05) is 26.0 Å². The van der Waals surface area contributed by atoms with Crippen molar-refractivity contribution in [3.8, 4) is 5.75 Å². The van der Waals surface area contributed by atoms with E-state index in [2.05, 4.69) is 10.9 Å². The van der Waals surface area contributed by atoms with Crippen molar-refractivity contribution in [3.63, 3.8) is 0 Å². The smallest absolute Gasteiger partial charge is 0.307 e. The number of benzene rings is 1. The van der Waals surface area contributed by atoms with Crippen LogP contribution in [0.4, 0.5) is 0 Å². The largest absolute Gasteiger partial charge is 0.491 e. The van der Waals surface area contributed by atoms with Gasteiger partial charge in [0.2, 0.25) is 5.91 Å². The summed E-state index contributed by atoms with van der Waals surface area (Å²) in [7, 11) is 0. The molecule has 7 heteroatoms. The van der Waals surface area contributed by atoms with E-state index in [0.29, 0.717) is 17.7 Å². The predicted molar refractivity (Wildman–Crippen MR) is 93.2 cm³/mol. The first-order chi connectivity index (χ1) is 12.4. The molecule has 1 fully saturated rings. The van der Waals surface area contributed by atoms with Crippen molar-refractivity contribution in [3.05, 3.63) is 42.0 Å². The molecule has 3 N–H and O–H groups in total. The molecule has 0 heterocycles. The summed E-state index contributed by atoms with van der Waals surface area (Å²) in [6.45, 7) is 3.82. The van der Waals surface area contributed by atoms with Gasteiger partial charge in [-0.2, -0.15) is 0 Å². The lowest BCUT2D eigenvalue weighted by Gasteiger charge is -2.23. The van der Waals surface area contributed by atoms with Crippen LogP contribution in [-0.2, 0) is 9.59 Å². The molecule has 0 aliphatic heterocycles. The highest BCUT2D eigenvalue weighted by molar-refractivity contribution is 5.96. The third-order valence-electron chi connectivity index (χ3n) is 4.83. The SMILES string of the molecule is CC(C)Oc1ccc(C(=O)NNC(=O)[C@@H]2[C@H](C(=O)O)[C@H]3C=C[C@H]2C3)cc1. The fraction of sp³-hybridized carbons (Fsp3) is 0.421. The Balaban J connectivity index is 1.58. The van der Waals surface area contributed by atoms with Gasteiger partial charge in [0.05, 0.1) is 17.9 Å². The maximum Gasteiger partial charge on any atom is 0.307 e. The number of amides is 2. The van der Waals surface area contributed by atoms with Gasteiger partial charge in [-0.05, 0) is 56.4 Å². The number of rotatable bonds is 5. The van der Waals surface area contributed by atoms with Crippen LogP contribution in [0.25, 0.3) is 0 Å². The molecule has 26 heavy (non-hydrogen) atoms. The van der Waals surface area contributed by atoms with Gasteiger partial charge in [0.25, 0.3) is 5.91 Å². The van der Waals surface area contributed by atoms with Crippen LogP contribution in [0.3, 0.4) is 0 Å². The first-order valence-corrected chi connectivity index (χ1v) is 8.65. The third kappa shape index (κ3) is 3.56. The molecule has 7 nitrogen and oxygen atoms in total. The molecule has 0 aromatic heterocycles. The summed E-state index contributed by atoms with van der Waals surface area (Å²) in [6, 6.07) is 6.55. The number of allylic oxidation sites excluding steroid dienone is 2. The standard InChI is InChI=1S/C19H22N2O5/c1-10(2)26-14-7-5-11(6-8-14)17(22)20-21-18(23)15-12-3-4-13(9-12)16(15)19(24)25/h3-8,10,12-13,15-16H,9H2,1-2H3,(H,20,22)(H,21,23)(H,24,25)/t12-,13-,15-,16+/m0/s1. The van der Waals surface area contributed by atoms with Crippen molar-refractivity contribution >= 4 is 17.8 Å². The van der Waals surface area contributed by atoms with Gasteiger partial charge in [0.15, 0.2) is 0 Å². The van der Waals surface area contributed by atoms with Crippen molar-refractivity contribution in [2.24, 2.45) is 23.7 Å². The molecule has 2 aliphatic rings. The quantitative estimate of drug-likeness (QED) is 0.549. The summed E-state index contributed by atoms with van der Waals surface area (Å²) < 4.78 is 5.51. The van der Waals surface area contributed by atoms with Crippen LogP contribution in [0, 0.1) is 23.7 Å². The summed E-state index contributed by atoms with van der Waals surface area (Å²) in [4.78, 5) is 36.1. The molecule has 1 aromatic rings. The lowest BCUT2D eigenvalue weighted by molar-refractivity contribution is -0.148. The average molecular weight is 358 g/mol. The highest BCUT2D eigenvalue weighted by Crippen LogP contribution is 2.48. The molecule has 4 atom stereocenters. The van der Waals surface area contributed by atoms with E-state index in [9.17, 15) is 19.5 Å². The third-order valence-corrected chi connectivity index (χ3v) is 4.83. The molecule has 0 unspecified atom stereocenters. The Bertz CT molecular complexity index is 741. The number of nitrogens with one attached hydrogen (secondary N) is 2. The number of carbonyl (C=O) groups excluding carboxylic acids is 2. The summed E-state index contributed by atoms with van der Waals surface area (Å²) in [6.07, 6.45) is 4.46. The fourth-order valence-corrected chi connectivity index (χ4v) is 3.75. The summed E-state index contributed by atoms with van der Waals surface area (Å²) in [5.41, 5.74) is 5.10. The normalized spacial score (nSPS) is 26.0. The van der Waals surface area contributed by atoms with Gasteiger partial charge >= 0.3 is 5.97 Å². The van der Waals surface area contributed by atoms with Gasteiger partial charge in [-0.25, -0.2) is 0 Å². The zero-order valence-electron chi connectivity index (χ0n) is 14.6. The van der Waals surface area contributed by atoms with Crippen LogP contribution in [0.5, 0.6) is 5.75 Å². The fourth-order valence-electron chi connectivity index (χ4n) is 3.75. The number of hydrogen-bond acceptors (Lipinski definition) is 4. The van der Waals surface area contributed by atoms with E-state index in [-0.39, 0.29) is 17.9 Å². The number of carbonyl (C=O) groups is 3. The van der Waals surface area contributed by atoms with E-state index in [1.54, 1.807) is 24.3 Å². The van der Waals surface area contributed by atoms with Gasteiger partial charge in [-0.3, -0.25) is 25.2 Å². The predicted octanol–water partition coefficient (Wildman–Crippen LogP) is 1.76. The van der Waals surface area contributed by atoms with Gasteiger partial charge in [0.1, 0.15) is 5.75 Å². The molecule has 0 spiro atoms. The number of hydrazine groups is 1. The molecule has 0 saturated heterocycles. The minimum atomic E-state index is -0.978. The van der Waals surface area contributed by atoms with Crippen molar-refractivity contribution < 1.29 is 24.2 Å². The van der Waals surface area contributed by atoms with E-state index in [1.165, 1.54) is 0 Å².